The molecule has 0 spiro atoms. The van der Waals surface area contributed by atoms with Gasteiger partial charge in [0, 0.05) is 0 Å². The minimum atomic E-state index is -0.480. The van der Waals surface area contributed by atoms with Gasteiger partial charge in [-0.1, -0.05) is 48.4 Å². The molecule has 7 heteroatoms. The fourth-order valence-electron chi connectivity index (χ4n) is 3.95. The highest BCUT2D eigenvalue weighted by Gasteiger charge is 2.41. The largest absolute Gasteiger partial charge is 0.490 e. The molecular weight excluding hydrogens is 484 g/mol. The van der Waals surface area contributed by atoms with Gasteiger partial charge in [0.1, 0.15) is 5.57 Å². The fourth-order valence-corrected chi connectivity index (χ4v) is 4.33. The van der Waals surface area contributed by atoms with E-state index in [2.05, 4.69) is 0 Å². The molecule has 6 nitrogen and oxygen atoms in total. The van der Waals surface area contributed by atoms with Crippen LogP contribution in [0, 0.1) is 13.8 Å². The lowest BCUT2D eigenvalue weighted by Crippen LogP contribution is -2.56. The molecule has 2 amide bonds. The van der Waals surface area contributed by atoms with E-state index < -0.39 is 11.8 Å². The molecule has 1 heterocycles. The number of hydrogen-bond acceptors (Lipinski definition) is 5. The highest BCUT2D eigenvalue weighted by atomic mass is 32.1. The Morgan fingerprint density at radius 3 is 1.78 bits per heavy atom. The van der Waals surface area contributed by atoms with Gasteiger partial charge in [0.25, 0.3) is 11.8 Å². The standard InChI is InChI=1S/C30H30N2O4S/c1-5-17-36-26-16-11-22(19-27(26)35-6-2)18-25-28(33)31(23-12-7-20(3)8-13-23)30(37)32(29(25)34)24-14-9-21(4)10-15-24/h7-16,18-19H,5-6,17H2,1-4H3. The van der Waals surface area contributed by atoms with Gasteiger partial charge in [0.2, 0.25) is 0 Å². The van der Waals surface area contributed by atoms with Crippen LogP contribution in [0.15, 0.2) is 72.3 Å². The quantitative estimate of drug-likeness (QED) is 0.202. The van der Waals surface area contributed by atoms with E-state index in [-0.39, 0.29) is 10.7 Å². The van der Waals surface area contributed by atoms with Gasteiger partial charge in [0.05, 0.1) is 24.6 Å². The second-order valence-corrected chi connectivity index (χ2v) is 9.15. The van der Waals surface area contributed by atoms with Crippen LogP contribution in [0.5, 0.6) is 11.5 Å². The number of benzene rings is 3. The van der Waals surface area contributed by atoms with E-state index in [0.29, 0.717) is 41.7 Å². The summed E-state index contributed by atoms with van der Waals surface area (Å²) in [5.74, 6) is 0.219. The van der Waals surface area contributed by atoms with Crippen molar-refractivity contribution in [3.8, 4) is 11.5 Å². The van der Waals surface area contributed by atoms with Crippen LogP contribution in [0.25, 0.3) is 6.08 Å². The Balaban J connectivity index is 1.82. The molecule has 0 bridgehead atoms. The summed E-state index contributed by atoms with van der Waals surface area (Å²) in [6, 6.07) is 20.3. The van der Waals surface area contributed by atoms with Gasteiger partial charge in [-0.3, -0.25) is 19.4 Å². The summed E-state index contributed by atoms with van der Waals surface area (Å²) in [6.45, 7) is 8.88. The molecule has 0 N–H and O–H groups in total. The summed E-state index contributed by atoms with van der Waals surface area (Å²) >= 11 is 5.71. The van der Waals surface area contributed by atoms with Crippen LogP contribution in [0.1, 0.15) is 37.0 Å². The lowest BCUT2D eigenvalue weighted by Gasteiger charge is -2.36. The van der Waals surface area contributed by atoms with Crippen LogP contribution >= 0.6 is 12.2 Å². The first kappa shape index (κ1) is 26.1. The van der Waals surface area contributed by atoms with E-state index in [9.17, 15) is 9.59 Å². The van der Waals surface area contributed by atoms with E-state index in [1.54, 1.807) is 24.3 Å². The number of rotatable bonds is 8. The normalized spacial score (nSPS) is 13.7. The molecule has 37 heavy (non-hydrogen) atoms. The van der Waals surface area contributed by atoms with E-state index in [4.69, 9.17) is 21.7 Å². The van der Waals surface area contributed by atoms with Crippen molar-refractivity contribution in [1.82, 2.24) is 0 Å². The fraction of sp³-hybridized carbons (Fsp3) is 0.233. The second kappa shape index (κ2) is 11.4. The zero-order valence-corrected chi connectivity index (χ0v) is 22.3. The number of aryl methyl sites for hydroxylation is 2. The molecular formula is C30H30N2O4S. The highest BCUT2D eigenvalue weighted by molar-refractivity contribution is 7.81. The molecule has 1 fully saturated rings. The Hall–Kier alpha value is -3.97. The molecule has 3 aromatic carbocycles. The molecule has 0 aliphatic carbocycles. The number of amides is 2. The lowest BCUT2D eigenvalue weighted by molar-refractivity contribution is -0.120. The maximum Gasteiger partial charge on any atom is 0.270 e. The van der Waals surface area contributed by atoms with Crippen molar-refractivity contribution < 1.29 is 19.1 Å². The van der Waals surface area contributed by atoms with Gasteiger partial charge in [-0.2, -0.15) is 0 Å². The SMILES string of the molecule is CCCOc1ccc(C=C2C(=O)N(c3ccc(C)cc3)C(=S)N(c3ccc(C)cc3)C2=O)cc1OCC. The number of ether oxygens (including phenoxy) is 2. The first-order valence-corrected chi connectivity index (χ1v) is 12.7. The predicted octanol–water partition coefficient (Wildman–Crippen LogP) is 6.24. The van der Waals surface area contributed by atoms with Gasteiger partial charge in [-0.05, 0) is 87.4 Å². The van der Waals surface area contributed by atoms with Crippen molar-refractivity contribution >= 4 is 46.6 Å². The summed E-state index contributed by atoms with van der Waals surface area (Å²) in [7, 11) is 0. The maximum absolute atomic E-state index is 13.8. The minimum Gasteiger partial charge on any atom is -0.490 e. The van der Waals surface area contributed by atoms with E-state index in [1.807, 2.05) is 76.2 Å². The van der Waals surface area contributed by atoms with Gasteiger partial charge in [0.15, 0.2) is 16.6 Å². The van der Waals surface area contributed by atoms with Gasteiger partial charge < -0.3 is 9.47 Å². The topological polar surface area (TPSA) is 59.1 Å². The van der Waals surface area contributed by atoms with Crippen molar-refractivity contribution in [3.05, 3.63) is 89.0 Å². The molecule has 0 radical (unpaired) electrons. The van der Waals surface area contributed by atoms with Crippen LogP contribution < -0.4 is 19.3 Å². The van der Waals surface area contributed by atoms with Crippen molar-refractivity contribution in [2.75, 3.05) is 23.0 Å². The average molecular weight is 515 g/mol. The molecule has 0 atom stereocenters. The van der Waals surface area contributed by atoms with Crippen LogP contribution in [0.2, 0.25) is 0 Å². The Morgan fingerprint density at radius 1 is 0.757 bits per heavy atom. The second-order valence-electron chi connectivity index (χ2n) is 8.78. The lowest BCUT2D eigenvalue weighted by atomic mass is 10.0. The zero-order chi connectivity index (χ0) is 26.5. The highest BCUT2D eigenvalue weighted by Crippen LogP contribution is 2.33. The van der Waals surface area contributed by atoms with Crippen molar-refractivity contribution in [2.45, 2.75) is 34.1 Å². The van der Waals surface area contributed by atoms with Crippen LogP contribution in [0.4, 0.5) is 11.4 Å². The van der Waals surface area contributed by atoms with Gasteiger partial charge in [-0.25, -0.2) is 0 Å². The van der Waals surface area contributed by atoms with Gasteiger partial charge >= 0.3 is 0 Å². The molecule has 4 rings (SSSR count). The third-order valence-corrected chi connectivity index (χ3v) is 6.24. The smallest absolute Gasteiger partial charge is 0.270 e. The number of carbonyl (C=O) groups excluding carboxylic acids is 2. The number of nitrogens with zero attached hydrogens (tertiary/aromatic N) is 2. The summed E-state index contributed by atoms with van der Waals surface area (Å²) in [4.78, 5) is 30.3. The summed E-state index contributed by atoms with van der Waals surface area (Å²) in [6.07, 6.45) is 2.45. The number of anilines is 2. The van der Waals surface area contributed by atoms with Crippen molar-refractivity contribution in [3.63, 3.8) is 0 Å². The Kier molecular flexibility index (Phi) is 8.04. The number of carbonyl (C=O) groups is 2. The molecule has 1 aliphatic heterocycles. The molecule has 0 unspecified atom stereocenters. The monoisotopic (exact) mass is 514 g/mol. The van der Waals surface area contributed by atoms with Crippen molar-refractivity contribution in [2.24, 2.45) is 0 Å². The van der Waals surface area contributed by atoms with Crippen molar-refractivity contribution in [1.29, 1.82) is 0 Å². The molecule has 1 saturated heterocycles. The summed E-state index contributed by atoms with van der Waals surface area (Å²) < 4.78 is 11.6. The number of thiocarbonyl (C=S) groups is 1. The molecule has 3 aromatic rings. The van der Waals surface area contributed by atoms with Crippen LogP contribution in [-0.2, 0) is 9.59 Å². The number of hydrogen-bond donors (Lipinski definition) is 0. The Bertz CT molecular complexity index is 1280. The minimum absolute atomic E-state index is 0.000532. The molecule has 0 saturated carbocycles. The third-order valence-electron chi connectivity index (χ3n) is 5.87. The first-order valence-electron chi connectivity index (χ1n) is 12.3. The molecule has 1 aliphatic rings. The van der Waals surface area contributed by atoms with Crippen LogP contribution in [0.3, 0.4) is 0 Å². The maximum atomic E-state index is 13.8. The Morgan fingerprint density at radius 2 is 1.30 bits per heavy atom. The summed E-state index contributed by atoms with van der Waals surface area (Å²) in [5.41, 5.74) is 3.93. The van der Waals surface area contributed by atoms with E-state index in [0.717, 1.165) is 17.5 Å². The summed E-state index contributed by atoms with van der Waals surface area (Å²) in [5, 5.41) is 0.109. The average Bonchev–Trinajstić information content (AvgIpc) is 2.88. The Labute approximate surface area is 223 Å². The van der Waals surface area contributed by atoms with E-state index >= 15 is 0 Å². The predicted molar refractivity (Wildman–Crippen MR) is 151 cm³/mol. The van der Waals surface area contributed by atoms with Gasteiger partial charge in [-0.15, -0.1) is 0 Å². The first-order chi connectivity index (χ1) is 17.8. The van der Waals surface area contributed by atoms with Crippen LogP contribution in [-0.4, -0.2) is 30.1 Å². The zero-order valence-electron chi connectivity index (χ0n) is 21.5. The molecule has 190 valence electrons. The molecule has 0 aromatic heterocycles. The third kappa shape index (κ3) is 5.57. The van der Waals surface area contributed by atoms with E-state index in [1.165, 1.54) is 9.80 Å².